The maximum absolute atomic E-state index is 6.19. The van der Waals surface area contributed by atoms with Gasteiger partial charge in [0.2, 0.25) is 0 Å². The Balaban J connectivity index is 2.62. The van der Waals surface area contributed by atoms with E-state index < -0.39 is 0 Å². The molecular weight excluding hydrogens is 328 g/mol. The molecule has 0 aliphatic carbocycles. The van der Waals surface area contributed by atoms with Gasteiger partial charge >= 0.3 is 0 Å². The molecule has 0 saturated heterocycles. The molecule has 0 aromatic carbocycles. The van der Waals surface area contributed by atoms with E-state index in [4.69, 9.17) is 11.6 Å². The molecule has 19 heavy (non-hydrogen) atoms. The fourth-order valence-corrected chi connectivity index (χ4v) is 2.73. The van der Waals surface area contributed by atoms with E-state index >= 15 is 0 Å². The molecule has 0 unspecified atom stereocenters. The molecule has 2 rings (SSSR count). The largest absolute Gasteiger partial charge is 0.275 e. The number of hydrogen-bond donors (Lipinski definition) is 0. The van der Waals surface area contributed by atoms with Gasteiger partial charge in [-0.05, 0) is 28.3 Å². The van der Waals surface area contributed by atoms with Crippen LogP contribution in [0.4, 0.5) is 0 Å². The maximum Gasteiger partial charge on any atom is 0.164 e. The number of halogens is 2. The van der Waals surface area contributed by atoms with Crippen LogP contribution in [0.1, 0.15) is 38.1 Å². The number of rotatable bonds is 3. The first kappa shape index (κ1) is 14.5. The maximum atomic E-state index is 6.19. The van der Waals surface area contributed by atoms with Crippen LogP contribution in [0.3, 0.4) is 0 Å². The minimum absolute atomic E-state index is 0.273. The van der Waals surface area contributed by atoms with Gasteiger partial charge in [-0.3, -0.25) is 4.68 Å². The van der Waals surface area contributed by atoms with Crippen molar-refractivity contribution in [2.24, 2.45) is 7.05 Å². The molecule has 4 nitrogen and oxygen atoms in total. The third kappa shape index (κ3) is 2.82. The molecule has 0 radical (unpaired) electrons. The minimum Gasteiger partial charge on any atom is -0.275 e. The predicted molar refractivity (Wildman–Crippen MR) is 80.4 cm³/mol. The fourth-order valence-electron chi connectivity index (χ4n) is 1.92. The Bertz CT molecular complexity index is 607. The summed E-state index contributed by atoms with van der Waals surface area (Å²) in [6.07, 6.45) is 2.77. The van der Waals surface area contributed by atoms with Crippen LogP contribution < -0.4 is 0 Å². The first-order valence-corrected chi connectivity index (χ1v) is 7.37. The molecule has 0 N–H and O–H groups in total. The van der Waals surface area contributed by atoms with Crippen molar-refractivity contribution >= 4 is 27.5 Å². The number of hydrogen-bond acceptors (Lipinski definition) is 3. The highest BCUT2D eigenvalue weighted by Crippen LogP contribution is 2.31. The molecule has 102 valence electrons. The molecule has 2 aromatic rings. The summed E-state index contributed by atoms with van der Waals surface area (Å²) in [7, 11) is 1.90. The molecule has 0 saturated carbocycles. The van der Waals surface area contributed by atoms with Crippen LogP contribution in [0.5, 0.6) is 0 Å². The SMILES string of the molecule is CCc1nn(C)cc1-c1nc(Cl)c(Br)c(C(C)C)n1. The highest BCUT2D eigenvalue weighted by molar-refractivity contribution is 9.10. The number of aromatic nitrogens is 4. The monoisotopic (exact) mass is 342 g/mol. The van der Waals surface area contributed by atoms with Crippen molar-refractivity contribution in [1.29, 1.82) is 0 Å². The van der Waals surface area contributed by atoms with Gasteiger partial charge in [0.15, 0.2) is 5.82 Å². The summed E-state index contributed by atoms with van der Waals surface area (Å²) in [5.74, 6) is 0.914. The van der Waals surface area contributed by atoms with E-state index in [9.17, 15) is 0 Å². The molecule has 2 heterocycles. The van der Waals surface area contributed by atoms with Crippen LogP contribution >= 0.6 is 27.5 Å². The first-order valence-electron chi connectivity index (χ1n) is 6.19. The number of nitrogens with zero attached hydrogens (tertiary/aromatic N) is 4. The van der Waals surface area contributed by atoms with Crippen molar-refractivity contribution < 1.29 is 0 Å². The Kier molecular flexibility index (Phi) is 4.26. The van der Waals surface area contributed by atoms with Gasteiger partial charge in [0.05, 0.1) is 21.4 Å². The summed E-state index contributed by atoms with van der Waals surface area (Å²) >= 11 is 9.64. The zero-order chi connectivity index (χ0) is 14.2. The Morgan fingerprint density at radius 2 is 2.05 bits per heavy atom. The number of aryl methyl sites for hydroxylation is 2. The van der Waals surface area contributed by atoms with Crippen LogP contribution in [0.25, 0.3) is 11.4 Å². The zero-order valence-electron chi connectivity index (χ0n) is 11.4. The topological polar surface area (TPSA) is 43.6 Å². The van der Waals surface area contributed by atoms with Crippen molar-refractivity contribution in [3.05, 3.63) is 27.2 Å². The van der Waals surface area contributed by atoms with Crippen molar-refractivity contribution in [2.45, 2.75) is 33.1 Å². The van der Waals surface area contributed by atoms with E-state index in [-0.39, 0.29) is 5.92 Å². The molecule has 6 heteroatoms. The lowest BCUT2D eigenvalue weighted by Crippen LogP contribution is -2.01. The van der Waals surface area contributed by atoms with E-state index in [1.165, 1.54) is 0 Å². The van der Waals surface area contributed by atoms with Gasteiger partial charge in [-0.25, -0.2) is 9.97 Å². The summed E-state index contributed by atoms with van der Waals surface area (Å²) in [6, 6.07) is 0. The van der Waals surface area contributed by atoms with Gasteiger partial charge in [-0.15, -0.1) is 0 Å². The average Bonchev–Trinajstić information content (AvgIpc) is 2.73. The molecule has 2 aromatic heterocycles. The Morgan fingerprint density at radius 3 is 2.63 bits per heavy atom. The van der Waals surface area contributed by atoms with Gasteiger partial charge in [0, 0.05) is 13.2 Å². The van der Waals surface area contributed by atoms with Crippen LogP contribution in [-0.2, 0) is 13.5 Å². The molecular formula is C13H16BrClN4. The third-order valence-electron chi connectivity index (χ3n) is 2.86. The van der Waals surface area contributed by atoms with Crippen LogP contribution in [-0.4, -0.2) is 19.7 Å². The first-order chi connectivity index (χ1) is 8.93. The van der Waals surface area contributed by atoms with E-state index in [0.29, 0.717) is 11.0 Å². The van der Waals surface area contributed by atoms with Crippen molar-refractivity contribution in [1.82, 2.24) is 19.7 Å². The van der Waals surface area contributed by atoms with Gasteiger partial charge in [0.25, 0.3) is 0 Å². The molecule has 0 amide bonds. The summed E-state index contributed by atoms with van der Waals surface area (Å²) in [5, 5.41) is 4.86. The third-order valence-corrected chi connectivity index (χ3v) is 4.15. The summed E-state index contributed by atoms with van der Waals surface area (Å²) < 4.78 is 2.55. The molecule has 0 atom stereocenters. The second-order valence-corrected chi connectivity index (χ2v) is 5.86. The molecule has 0 fully saturated rings. The second kappa shape index (κ2) is 5.59. The lowest BCUT2D eigenvalue weighted by molar-refractivity contribution is 0.746. The van der Waals surface area contributed by atoms with Crippen molar-refractivity contribution in [3.8, 4) is 11.4 Å². The lowest BCUT2D eigenvalue weighted by Gasteiger charge is -2.10. The van der Waals surface area contributed by atoms with Gasteiger partial charge < -0.3 is 0 Å². The van der Waals surface area contributed by atoms with E-state index in [1.54, 1.807) is 4.68 Å². The fraction of sp³-hybridized carbons (Fsp3) is 0.462. The van der Waals surface area contributed by atoms with Crippen molar-refractivity contribution in [3.63, 3.8) is 0 Å². The smallest absolute Gasteiger partial charge is 0.164 e. The van der Waals surface area contributed by atoms with Gasteiger partial charge in [0.1, 0.15) is 5.15 Å². The lowest BCUT2D eigenvalue weighted by atomic mass is 10.1. The molecule has 0 aliphatic heterocycles. The Hall–Kier alpha value is -0.940. The van der Waals surface area contributed by atoms with Crippen molar-refractivity contribution in [2.75, 3.05) is 0 Å². The van der Waals surface area contributed by atoms with E-state index in [2.05, 4.69) is 51.8 Å². The average molecular weight is 344 g/mol. The Morgan fingerprint density at radius 1 is 1.37 bits per heavy atom. The standard InChI is InChI=1S/C13H16BrClN4/c1-5-9-8(6-19(4)18-9)13-16-11(7(2)3)10(14)12(15)17-13/h6-7H,5H2,1-4H3. The summed E-state index contributed by atoms with van der Waals surface area (Å²) in [5.41, 5.74) is 2.85. The van der Waals surface area contributed by atoms with Gasteiger partial charge in [-0.1, -0.05) is 32.4 Å². The van der Waals surface area contributed by atoms with Crippen LogP contribution in [0.15, 0.2) is 10.7 Å². The highest BCUT2D eigenvalue weighted by atomic mass is 79.9. The van der Waals surface area contributed by atoms with Crippen LogP contribution in [0.2, 0.25) is 5.15 Å². The second-order valence-electron chi connectivity index (χ2n) is 4.71. The summed E-state index contributed by atoms with van der Waals surface area (Å²) in [6.45, 7) is 6.23. The normalized spacial score (nSPS) is 11.3. The van der Waals surface area contributed by atoms with E-state index in [1.807, 2.05) is 13.2 Å². The predicted octanol–water partition coefficient (Wildman–Crippen LogP) is 3.98. The molecule has 0 aliphatic rings. The zero-order valence-corrected chi connectivity index (χ0v) is 13.7. The van der Waals surface area contributed by atoms with E-state index in [0.717, 1.165) is 27.8 Å². The minimum atomic E-state index is 0.273. The van der Waals surface area contributed by atoms with Crippen LogP contribution in [0, 0.1) is 0 Å². The quantitative estimate of drug-likeness (QED) is 0.792. The summed E-state index contributed by atoms with van der Waals surface area (Å²) in [4.78, 5) is 8.99. The Labute approximate surface area is 126 Å². The molecule has 0 spiro atoms. The highest BCUT2D eigenvalue weighted by Gasteiger charge is 2.17. The van der Waals surface area contributed by atoms with Gasteiger partial charge in [-0.2, -0.15) is 5.10 Å². The molecule has 0 bridgehead atoms.